The lowest BCUT2D eigenvalue weighted by Gasteiger charge is -2.18. The monoisotopic (exact) mass is 919 g/mol. The molecule has 0 spiro atoms. The van der Waals surface area contributed by atoms with Crippen LogP contribution in [0.2, 0.25) is 0 Å². The van der Waals surface area contributed by atoms with E-state index in [1.165, 1.54) is 205 Å². The van der Waals surface area contributed by atoms with Gasteiger partial charge in [0.25, 0.3) is 0 Å². The number of rotatable bonds is 52. The van der Waals surface area contributed by atoms with Gasteiger partial charge in [0.05, 0.1) is 0 Å². The third-order valence-corrected chi connectivity index (χ3v) is 13.8. The van der Waals surface area contributed by atoms with Crippen LogP contribution in [0.25, 0.3) is 0 Å². The van der Waals surface area contributed by atoms with Gasteiger partial charge in [-0.05, 0) is 37.0 Å². The minimum absolute atomic E-state index is 0.0640. The molecule has 0 aliphatic rings. The van der Waals surface area contributed by atoms with Gasteiger partial charge in [-0.1, -0.05) is 286 Å². The van der Waals surface area contributed by atoms with Crippen molar-refractivity contribution in [2.45, 2.75) is 330 Å². The first kappa shape index (κ1) is 63.4. The van der Waals surface area contributed by atoms with Crippen LogP contribution in [0, 0.1) is 17.8 Å². The molecular weight excluding hydrogens is 805 g/mol. The summed E-state index contributed by atoms with van der Waals surface area (Å²) in [7, 11) is 0. The van der Waals surface area contributed by atoms with E-state index in [2.05, 4.69) is 41.5 Å². The predicted octanol–water partition coefficient (Wildman–Crippen LogP) is 19.1. The highest BCUT2D eigenvalue weighted by atomic mass is 16.6. The van der Waals surface area contributed by atoms with Crippen LogP contribution in [0.4, 0.5) is 0 Å². The first-order valence-electron chi connectivity index (χ1n) is 29.1. The van der Waals surface area contributed by atoms with E-state index >= 15 is 0 Å². The number of esters is 3. The second kappa shape index (κ2) is 50.3. The number of ether oxygens (including phenoxy) is 3. The van der Waals surface area contributed by atoms with E-state index in [4.69, 9.17) is 14.2 Å². The lowest BCUT2D eigenvalue weighted by atomic mass is 9.99. The van der Waals surface area contributed by atoms with Crippen molar-refractivity contribution in [1.29, 1.82) is 0 Å². The van der Waals surface area contributed by atoms with Gasteiger partial charge in [-0.3, -0.25) is 14.4 Å². The molecular formula is C59H114O6. The van der Waals surface area contributed by atoms with Crippen molar-refractivity contribution >= 4 is 17.9 Å². The topological polar surface area (TPSA) is 78.9 Å². The summed E-state index contributed by atoms with van der Waals surface area (Å²) < 4.78 is 16.9. The summed E-state index contributed by atoms with van der Waals surface area (Å²) in [5.74, 6) is 1.69. The van der Waals surface area contributed by atoms with Crippen molar-refractivity contribution in [2.75, 3.05) is 13.2 Å². The molecule has 0 fully saturated rings. The molecule has 0 saturated carbocycles. The summed E-state index contributed by atoms with van der Waals surface area (Å²) in [4.78, 5) is 38.1. The summed E-state index contributed by atoms with van der Waals surface area (Å²) >= 11 is 0. The molecule has 1 unspecified atom stereocenters. The Hall–Kier alpha value is -1.59. The largest absolute Gasteiger partial charge is 0.462 e. The Labute approximate surface area is 406 Å². The van der Waals surface area contributed by atoms with Gasteiger partial charge in [0.2, 0.25) is 0 Å². The second-order valence-electron chi connectivity index (χ2n) is 21.5. The fourth-order valence-electron chi connectivity index (χ4n) is 8.97. The van der Waals surface area contributed by atoms with Crippen molar-refractivity contribution in [2.24, 2.45) is 17.8 Å². The average Bonchev–Trinajstić information content (AvgIpc) is 3.28. The third kappa shape index (κ3) is 51.6. The Bertz CT molecular complexity index is 1010. The molecule has 0 aromatic heterocycles. The minimum atomic E-state index is -0.764. The fraction of sp³-hybridized carbons (Fsp3) is 0.949. The standard InChI is InChI=1S/C59H114O6/c1-7-55(6)47-41-35-29-23-16-14-12-10-8-9-11-13-15-17-24-30-36-42-48-57(60)63-51-56(52-64-58(61)49-43-37-31-26-20-22-28-34-40-46-54(4)5)65-59(62)50-44-38-32-25-19-18-21-27-33-39-45-53(2)3/h53-56H,7-52H2,1-6H3/t55?,56-/m0/s1. The second-order valence-corrected chi connectivity index (χ2v) is 21.5. The molecule has 0 rings (SSSR count). The van der Waals surface area contributed by atoms with E-state index in [1.54, 1.807) is 0 Å². The molecule has 0 radical (unpaired) electrons. The maximum atomic E-state index is 12.8. The maximum Gasteiger partial charge on any atom is 0.306 e. The van der Waals surface area contributed by atoms with Gasteiger partial charge in [0, 0.05) is 19.3 Å². The van der Waals surface area contributed by atoms with Crippen LogP contribution >= 0.6 is 0 Å². The van der Waals surface area contributed by atoms with Crippen LogP contribution in [-0.2, 0) is 28.6 Å². The molecule has 2 atom stereocenters. The zero-order chi connectivity index (χ0) is 47.7. The van der Waals surface area contributed by atoms with Crippen molar-refractivity contribution in [3.05, 3.63) is 0 Å². The Morgan fingerprint density at radius 3 is 0.800 bits per heavy atom. The third-order valence-electron chi connectivity index (χ3n) is 13.8. The van der Waals surface area contributed by atoms with Crippen LogP contribution in [0.3, 0.4) is 0 Å². The molecule has 386 valence electrons. The number of hydrogen-bond acceptors (Lipinski definition) is 6. The summed E-state index contributed by atoms with van der Waals surface area (Å²) in [6.07, 6.45) is 52.4. The van der Waals surface area contributed by atoms with Gasteiger partial charge in [0.15, 0.2) is 6.10 Å². The van der Waals surface area contributed by atoms with E-state index in [0.29, 0.717) is 19.3 Å². The average molecular weight is 920 g/mol. The Morgan fingerprint density at radius 2 is 0.538 bits per heavy atom. The quantitative estimate of drug-likeness (QED) is 0.0344. The van der Waals surface area contributed by atoms with Gasteiger partial charge < -0.3 is 14.2 Å². The first-order valence-corrected chi connectivity index (χ1v) is 29.1. The van der Waals surface area contributed by atoms with Crippen LogP contribution in [0.5, 0.6) is 0 Å². The summed E-state index contributed by atoms with van der Waals surface area (Å²) in [5, 5.41) is 0. The zero-order valence-electron chi connectivity index (χ0n) is 44.8. The predicted molar refractivity (Wildman–Crippen MR) is 279 cm³/mol. The van der Waals surface area contributed by atoms with Crippen molar-refractivity contribution in [1.82, 2.24) is 0 Å². The number of carbonyl (C=O) groups is 3. The SMILES string of the molecule is CCC(C)CCCCCCCCCCCCCCCCCCCCC(=O)OC[C@@H](COC(=O)CCCCCCCCCCCC(C)C)OC(=O)CCCCCCCCCCCCC(C)C. The number of carbonyl (C=O) groups excluding carboxylic acids is 3. The molecule has 0 heterocycles. The molecule has 6 heteroatoms. The summed E-state index contributed by atoms with van der Waals surface area (Å²) in [6.45, 7) is 13.8. The molecule has 0 aromatic carbocycles. The highest BCUT2D eigenvalue weighted by molar-refractivity contribution is 5.71. The minimum Gasteiger partial charge on any atom is -0.462 e. The van der Waals surface area contributed by atoms with E-state index in [9.17, 15) is 14.4 Å². The van der Waals surface area contributed by atoms with Gasteiger partial charge in [0.1, 0.15) is 13.2 Å². The number of unbranched alkanes of at least 4 members (excludes halogenated alkanes) is 34. The molecule has 6 nitrogen and oxygen atoms in total. The van der Waals surface area contributed by atoms with Gasteiger partial charge in [-0.2, -0.15) is 0 Å². The lowest BCUT2D eigenvalue weighted by Crippen LogP contribution is -2.30. The molecule has 0 bridgehead atoms. The molecule has 0 aromatic rings. The van der Waals surface area contributed by atoms with Crippen LogP contribution in [-0.4, -0.2) is 37.2 Å². The molecule has 0 amide bonds. The zero-order valence-corrected chi connectivity index (χ0v) is 44.8. The maximum absolute atomic E-state index is 12.8. The normalized spacial score (nSPS) is 12.6. The van der Waals surface area contributed by atoms with Crippen LogP contribution in [0.1, 0.15) is 324 Å². The summed E-state index contributed by atoms with van der Waals surface area (Å²) in [6, 6.07) is 0. The van der Waals surface area contributed by atoms with Crippen molar-refractivity contribution < 1.29 is 28.6 Å². The fourth-order valence-corrected chi connectivity index (χ4v) is 8.97. The van der Waals surface area contributed by atoms with Crippen molar-refractivity contribution in [3.63, 3.8) is 0 Å². The van der Waals surface area contributed by atoms with Crippen molar-refractivity contribution in [3.8, 4) is 0 Å². The highest BCUT2D eigenvalue weighted by Crippen LogP contribution is 2.19. The number of hydrogen-bond donors (Lipinski definition) is 0. The Balaban J connectivity index is 4.22. The Kier molecular flexibility index (Phi) is 49.1. The summed E-state index contributed by atoms with van der Waals surface area (Å²) in [5.41, 5.74) is 0. The van der Waals surface area contributed by atoms with Gasteiger partial charge in [-0.25, -0.2) is 0 Å². The first-order chi connectivity index (χ1) is 31.6. The van der Waals surface area contributed by atoms with E-state index in [0.717, 1.165) is 75.5 Å². The van der Waals surface area contributed by atoms with Gasteiger partial charge in [-0.15, -0.1) is 0 Å². The molecule has 0 N–H and O–H groups in total. The van der Waals surface area contributed by atoms with Gasteiger partial charge >= 0.3 is 17.9 Å². The molecule has 0 aliphatic heterocycles. The van der Waals surface area contributed by atoms with Crippen LogP contribution < -0.4 is 0 Å². The van der Waals surface area contributed by atoms with E-state index in [1.807, 2.05) is 0 Å². The lowest BCUT2D eigenvalue weighted by molar-refractivity contribution is -0.167. The highest BCUT2D eigenvalue weighted by Gasteiger charge is 2.19. The smallest absolute Gasteiger partial charge is 0.306 e. The van der Waals surface area contributed by atoms with E-state index in [-0.39, 0.29) is 31.1 Å². The Morgan fingerprint density at radius 1 is 0.308 bits per heavy atom. The molecule has 65 heavy (non-hydrogen) atoms. The molecule has 0 saturated heterocycles. The van der Waals surface area contributed by atoms with Crippen LogP contribution in [0.15, 0.2) is 0 Å². The molecule has 0 aliphatic carbocycles. The van der Waals surface area contributed by atoms with E-state index < -0.39 is 6.10 Å².